The monoisotopic (exact) mass is 487 g/mol. The molecule has 192 valence electrons. The normalized spacial score (nSPS) is 39.6. The second-order valence-corrected chi connectivity index (χ2v) is 11.4. The van der Waals surface area contributed by atoms with Crippen LogP contribution >= 0.6 is 0 Å². The highest BCUT2D eigenvalue weighted by Gasteiger charge is 2.67. The van der Waals surface area contributed by atoms with Crippen molar-refractivity contribution in [2.24, 2.45) is 17.3 Å². The largest absolute Gasteiger partial charge is 0.462 e. The molecule has 5 rings (SSSR count). The first-order chi connectivity index (χ1) is 16.6. The van der Waals surface area contributed by atoms with E-state index in [2.05, 4.69) is 16.7 Å². The van der Waals surface area contributed by atoms with Crippen molar-refractivity contribution in [1.29, 1.82) is 0 Å². The summed E-state index contributed by atoms with van der Waals surface area (Å²) in [6, 6.07) is 6.67. The highest BCUT2D eigenvalue weighted by Crippen LogP contribution is 2.61. The lowest BCUT2D eigenvalue weighted by atomic mass is 9.49. The van der Waals surface area contributed by atoms with Gasteiger partial charge in [0.15, 0.2) is 0 Å². The SMILES string of the molecule is CO[C@]1(C)CCC[C@]2(C)C[C@@H]3OC(=O)[C@H](CN4CCN(c5ccc([N+](=O)[O-])cc5)CC4)[C@@H]3C[C@]21O. The molecular weight excluding hydrogens is 450 g/mol. The molecule has 0 amide bonds. The van der Waals surface area contributed by atoms with Crippen LogP contribution in [0.1, 0.15) is 46.0 Å². The van der Waals surface area contributed by atoms with Crippen molar-refractivity contribution in [3.8, 4) is 0 Å². The van der Waals surface area contributed by atoms with E-state index in [4.69, 9.17) is 9.47 Å². The van der Waals surface area contributed by atoms with E-state index >= 15 is 0 Å². The number of nitrogens with zero attached hydrogens (tertiary/aromatic N) is 3. The van der Waals surface area contributed by atoms with E-state index in [1.54, 1.807) is 19.2 Å². The predicted octanol–water partition coefficient (Wildman–Crippen LogP) is 2.99. The number of non-ortho nitro benzene ring substituents is 1. The number of piperazine rings is 1. The first-order valence-corrected chi connectivity index (χ1v) is 12.8. The van der Waals surface area contributed by atoms with Crippen LogP contribution in [0.25, 0.3) is 0 Å². The Balaban J connectivity index is 1.25. The molecular formula is C26H37N3O6. The molecule has 0 radical (unpaired) electrons. The van der Waals surface area contributed by atoms with Gasteiger partial charge >= 0.3 is 5.97 Å². The Morgan fingerprint density at radius 2 is 1.83 bits per heavy atom. The van der Waals surface area contributed by atoms with E-state index in [-0.39, 0.29) is 39.9 Å². The van der Waals surface area contributed by atoms with Crippen LogP contribution in [-0.4, -0.2) is 78.0 Å². The van der Waals surface area contributed by atoms with Gasteiger partial charge in [-0.15, -0.1) is 0 Å². The van der Waals surface area contributed by atoms with Crippen molar-refractivity contribution >= 4 is 17.3 Å². The van der Waals surface area contributed by atoms with Gasteiger partial charge in [-0.1, -0.05) is 6.92 Å². The summed E-state index contributed by atoms with van der Waals surface area (Å²) >= 11 is 0. The third kappa shape index (κ3) is 3.92. The third-order valence-electron chi connectivity index (χ3n) is 9.71. The summed E-state index contributed by atoms with van der Waals surface area (Å²) in [5.74, 6) is -0.397. The summed E-state index contributed by atoms with van der Waals surface area (Å²) in [6.45, 7) is 7.97. The van der Waals surface area contributed by atoms with Crippen molar-refractivity contribution < 1.29 is 24.3 Å². The van der Waals surface area contributed by atoms with Gasteiger partial charge in [0, 0.05) is 69.0 Å². The smallest absolute Gasteiger partial charge is 0.310 e. The van der Waals surface area contributed by atoms with E-state index in [1.165, 1.54) is 12.1 Å². The molecule has 2 heterocycles. The lowest BCUT2D eigenvalue weighted by molar-refractivity contribution is -0.384. The van der Waals surface area contributed by atoms with Crippen LogP contribution in [0, 0.1) is 27.4 Å². The van der Waals surface area contributed by atoms with E-state index in [1.807, 2.05) is 6.92 Å². The summed E-state index contributed by atoms with van der Waals surface area (Å²) in [5, 5.41) is 23.0. The fraction of sp³-hybridized carbons (Fsp3) is 0.731. The minimum atomic E-state index is -0.991. The molecule has 2 aliphatic carbocycles. The molecule has 1 N–H and O–H groups in total. The molecule has 35 heavy (non-hydrogen) atoms. The number of fused-ring (bicyclic) bond motifs is 2. The maximum Gasteiger partial charge on any atom is 0.310 e. The average molecular weight is 488 g/mol. The summed E-state index contributed by atoms with van der Waals surface area (Å²) in [6.07, 6.45) is 3.80. The van der Waals surface area contributed by atoms with Gasteiger partial charge in [-0.2, -0.15) is 0 Å². The fourth-order valence-electron chi connectivity index (χ4n) is 7.34. The number of hydrogen-bond acceptors (Lipinski definition) is 8. The Morgan fingerprint density at radius 1 is 1.14 bits per heavy atom. The summed E-state index contributed by atoms with van der Waals surface area (Å²) in [4.78, 5) is 28.1. The van der Waals surface area contributed by atoms with Gasteiger partial charge in [0.2, 0.25) is 0 Å². The van der Waals surface area contributed by atoms with Gasteiger partial charge < -0.3 is 19.5 Å². The van der Waals surface area contributed by atoms with Crippen molar-refractivity contribution in [2.75, 3.05) is 44.7 Å². The molecule has 1 aromatic carbocycles. The second-order valence-electron chi connectivity index (χ2n) is 11.4. The number of anilines is 1. The van der Waals surface area contributed by atoms with E-state index in [0.717, 1.165) is 51.1 Å². The first-order valence-electron chi connectivity index (χ1n) is 12.8. The molecule has 0 aromatic heterocycles. The topological polar surface area (TPSA) is 105 Å². The van der Waals surface area contributed by atoms with Crippen molar-refractivity contribution in [1.82, 2.24) is 4.90 Å². The fourth-order valence-corrected chi connectivity index (χ4v) is 7.34. The number of benzene rings is 1. The number of nitro groups is 1. The van der Waals surface area contributed by atoms with Crippen molar-refractivity contribution in [3.63, 3.8) is 0 Å². The van der Waals surface area contributed by atoms with Crippen LogP contribution in [-0.2, 0) is 14.3 Å². The van der Waals surface area contributed by atoms with Gasteiger partial charge in [0.25, 0.3) is 5.69 Å². The molecule has 4 fully saturated rings. The number of nitro benzene ring substituents is 1. The molecule has 9 nitrogen and oxygen atoms in total. The van der Waals surface area contributed by atoms with Gasteiger partial charge in [0.05, 0.1) is 22.0 Å². The Bertz CT molecular complexity index is 980. The minimum Gasteiger partial charge on any atom is -0.462 e. The van der Waals surface area contributed by atoms with Gasteiger partial charge in [-0.3, -0.25) is 19.8 Å². The molecule has 0 unspecified atom stereocenters. The number of carbonyl (C=O) groups excluding carboxylic acids is 1. The number of carbonyl (C=O) groups is 1. The van der Waals surface area contributed by atoms with Crippen LogP contribution in [0.2, 0.25) is 0 Å². The molecule has 2 aliphatic heterocycles. The van der Waals surface area contributed by atoms with E-state index in [9.17, 15) is 20.0 Å². The molecule has 2 saturated carbocycles. The standard InChI is InChI=1S/C26H37N3O6/c1-24-9-4-10-25(2,34-3)26(24,31)15-20-21(23(30)35-22(20)16-24)17-27-11-13-28(14-12-27)18-5-7-19(8-6-18)29(32)33/h5-8,20-22,31H,4,9-17H2,1-3H3/t20-,21+,22-,24+,25+,26-/m0/s1. The lowest BCUT2D eigenvalue weighted by Gasteiger charge is -2.62. The molecule has 0 spiro atoms. The zero-order valence-corrected chi connectivity index (χ0v) is 20.9. The summed E-state index contributed by atoms with van der Waals surface area (Å²) in [7, 11) is 1.69. The number of methoxy groups -OCH3 is 1. The Labute approximate surface area is 206 Å². The third-order valence-corrected chi connectivity index (χ3v) is 9.71. The Morgan fingerprint density at radius 3 is 2.46 bits per heavy atom. The van der Waals surface area contributed by atoms with Crippen LogP contribution < -0.4 is 4.90 Å². The van der Waals surface area contributed by atoms with Gasteiger partial charge in [-0.05, 0) is 51.2 Å². The Hall–Kier alpha value is -2.23. The van der Waals surface area contributed by atoms with Crippen LogP contribution in [0.3, 0.4) is 0 Å². The molecule has 4 aliphatic rings. The number of ether oxygens (including phenoxy) is 2. The Kier molecular flexibility index (Phi) is 6.09. The number of hydrogen-bond donors (Lipinski definition) is 1. The molecule has 0 bridgehead atoms. The minimum absolute atomic E-state index is 0.0131. The number of rotatable bonds is 5. The summed E-state index contributed by atoms with van der Waals surface area (Å²) < 4.78 is 11.8. The predicted molar refractivity (Wildman–Crippen MR) is 130 cm³/mol. The van der Waals surface area contributed by atoms with Crippen LogP contribution in [0.4, 0.5) is 11.4 Å². The van der Waals surface area contributed by atoms with Gasteiger partial charge in [0.1, 0.15) is 6.10 Å². The molecule has 6 atom stereocenters. The maximum absolute atomic E-state index is 13.0. The maximum atomic E-state index is 13.0. The van der Waals surface area contributed by atoms with Crippen LogP contribution in [0.5, 0.6) is 0 Å². The first kappa shape index (κ1) is 24.5. The van der Waals surface area contributed by atoms with Crippen molar-refractivity contribution in [2.45, 2.75) is 63.3 Å². The highest BCUT2D eigenvalue weighted by atomic mass is 16.6. The average Bonchev–Trinajstić information content (AvgIpc) is 3.12. The van der Waals surface area contributed by atoms with Crippen LogP contribution in [0.15, 0.2) is 24.3 Å². The molecule has 9 heteroatoms. The number of aliphatic hydroxyl groups is 1. The van der Waals surface area contributed by atoms with E-state index in [0.29, 0.717) is 19.4 Å². The molecule has 2 saturated heterocycles. The number of esters is 1. The summed E-state index contributed by atoms with van der Waals surface area (Å²) in [5.41, 5.74) is -0.884. The zero-order valence-electron chi connectivity index (χ0n) is 20.9. The second kappa shape index (κ2) is 8.71. The molecule has 1 aromatic rings. The van der Waals surface area contributed by atoms with Gasteiger partial charge in [-0.25, -0.2) is 0 Å². The van der Waals surface area contributed by atoms with Crippen molar-refractivity contribution in [3.05, 3.63) is 34.4 Å². The highest BCUT2D eigenvalue weighted by molar-refractivity contribution is 5.75. The zero-order chi connectivity index (χ0) is 25.0. The van der Waals surface area contributed by atoms with E-state index < -0.39 is 11.2 Å². The quantitative estimate of drug-likeness (QED) is 0.384. The lowest BCUT2D eigenvalue weighted by Crippen LogP contribution is -2.69.